The molecule has 0 atom stereocenters. The Kier molecular flexibility index (Phi) is 8.18. The van der Waals surface area contributed by atoms with Gasteiger partial charge < -0.3 is 14.8 Å². The zero-order chi connectivity index (χ0) is 33.3. The summed E-state index contributed by atoms with van der Waals surface area (Å²) < 4.78 is 12.1. The molecule has 47 heavy (non-hydrogen) atoms. The Balaban J connectivity index is 1.14. The van der Waals surface area contributed by atoms with E-state index in [0.29, 0.717) is 46.1 Å². The van der Waals surface area contributed by atoms with E-state index in [0.717, 1.165) is 16.7 Å². The number of ether oxygens (including phenoxy) is 2. The number of amides is 3. The number of hydrogen-bond acceptors (Lipinski definition) is 6. The Hall–Kier alpha value is -6.02. The SMILES string of the molecule is CNC(=O)c1cc(Oc2ccc(C(C)(C)c3ccc(Oc4ccc5c(c4)C(=O)N(c4ccc(C)cc4)C5=O)cc3)cc2)ccc1C=O. The second-order valence-corrected chi connectivity index (χ2v) is 11.8. The van der Waals surface area contributed by atoms with Gasteiger partial charge in [-0.1, -0.05) is 55.8 Å². The zero-order valence-electron chi connectivity index (χ0n) is 26.4. The first-order chi connectivity index (χ1) is 22.6. The van der Waals surface area contributed by atoms with Crippen LogP contribution in [0.1, 0.15) is 72.0 Å². The van der Waals surface area contributed by atoms with Crippen molar-refractivity contribution < 1.29 is 28.7 Å². The topological polar surface area (TPSA) is 102 Å². The van der Waals surface area contributed by atoms with E-state index in [1.165, 1.54) is 11.9 Å². The lowest BCUT2D eigenvalue weighted by atomic mass is 9.78. The molecule has 5 aromatic rings. The molecule has 8 nitrogen and oxygen atoms in total. The lowest BCUT2D eigenvalue weighted by Crippen LogP contribution is -2.29. The van der Waals surface area contributed by atoms with Crippen molar-refractivity contribution in [3.8, 4) is 23.0 Å². The second-order valence-electron chi connectivity index (χ2n) is 11.8. The molecule has 0 fully saturated rings. The highest BCUT2D eigenvalue weighted by Gasteiger charge is 2.37. The van der Waals surface area contributed by atoms with Crippen molar-refractivity contribution in [3.63, 3.8) is 0 Å². The number of aldehydes is 1. The fraction of sp³-hybridized carbons (Fsp3) is 0.128. The maximum atomic E-state index is 13.2. The maximum absolute atomic E-state index is 13.2. The minimum absolute atomic E-state index is 0.245. The van der Waals surface area contributed by atoms with Crippen molar-refractivity contribution in [3.05, 3.63) is 148 Å². The van der Waals surface area contributed by atoms with Gasteiger partial charge in [0.25, 0.3) is 17.7 Å². The van der Waals surface area contributed by atoms with Gasteiger partial charge in [-0.15, -0.1) is 0 Å². The summed E-state index contributed by atoms with van der Waals surface area (Å²) in [6.07, 6.45) is 0.641. The van der Waals surface area contributed by atoms with Crippen LogP contribution in [0.25, 0.3) is 0 Å². The van der Waals surface area contributed by atoms with E-state index < -0.39 is 0 Å². The molecule has 0 bridgehead atoms. The van der Waals surface area contributed by atoms with Gasteiger partial charge in [0.2, 0.25) is 0 Å². The highest BCUT2D eigenvalue weighted by Crippen LogP contribution is 2.36. The van der Waals surface area contributed by atoms with Crippen LogP contribution in [0, 0.1) is 6.92 Å². The average Bonchev–Trinajstić information content (AvgIpc) is 3.33. The molecule has 0 saturated heterocycles. The first kappa shape index (κ1) is 31.0. The van der Waals surface area contributed by atoms with Crippen LogP contribution in [-0.4, -0.2) is 31.1 Å². The van der Waals surface area contributed by atoms with E-state index in [9.17, 15) is 19.2 Å². The Morgan fingerprint density at radius 1 is 0.681 bits per heavy atom. The first-order valence-electron chi connectivity index (χ1n) is 15.1. The highest BCUT2D eigenvalue weighted by atomic mass is 16.5. The molecule has 8 heteroatoms. The average molecular weight is 625 g/mol. The predicted octanol–water partition coefficient (Wildman–Crippen LogP) is 7.88. The Bertz CT molecular complexity index is 2010. The maximum Gasteiger partial charge on any atom is 0.266 e. The van der Waals surface area contributed by atoms with Gasteiger partial charge in [-0.05, 0) is 90.8 Å². The minimum Gasteiger partial charge on any atom is -0.457 e. The molecule has 234 valence electrons. The number of hydrogen-bond donors (Lipinski definition) is 1. The molecule has 1 aliphatic rings. The van der Waals surface area contributed by atoms with Crippen molar-refractivity contribution in [2.75, 3.05) is 11.9 Å². The molecule has 5 aromatic carbocycles. The number of anilines is 1. The molecule has 1 heterocycles. The van der Waals surface area contributed by atoms with Crippen molar-refractivity contribution in [1.82, 2.24) is 5.32 Å². The molecular weight excluding hydrogens is 592 g/mol. The number of nitrogens with one attached hydrogen (secondary N) is 1. The van der Waals surface area contributed by atoms with Gasteiger partial charge in [0.05, 0.1) is 22.4 Å². The number of rotatable bonds is 9. The van der Waals surface area contributed by atoms with Crippen molar-refractivity contribution >= 4 is 29.7 Å². The molecular formula is C39H32N2O6. The van der Waals surface area contributed by atoms with Crippen LogP contribution < -0.4 is 19.7 Å². The van der Waals surface area contributed by atoms with Gasteiger partial charge in [0.15, 0.2) is 6.29 Å². The minimum atomic E-state index is -0.378. The molecule has 1 N–H and O–H groups in total. The van der Waals surface area contributed by atoms with Crippen molar-refractivity contribution in [1.29, 1.82) is 0 Å². The van der Waals surface area contributed by atoms with E-state index in [1.54, 1.807) is 48.5 Å². The molecule has 0 radical (unpaired) electrons. The van der Waals surface area contributed by atoms with E-state index >= 15 is 0 Å². The number of aryl methyl sites for hydroxylation is 1. The molecule has 0 aliphatic carbocycles. The van der Waals surface area contributed by atoms with Gasteiger partial charge in [-0.3, -0.25) is 19.2 Å². The summed E-state index contributed by atoms with van der Waals surface area (Å²) in [6, 6.07) is 32.4. The largest absolute Gasteiger partial charge is 0.457 e. The zero-order valence-corrected chi connectivity index (χ0v) is 26.4. The van der Waals surface area contributed by atoms with Crippen LogP contribution >= 0.6 is 0 Å². The molecule has 1 aliphatic heterocycles. The van der Waals surface area contributed by atoms with Crippen LogP contribution in [0.2, 0.25) is 0 Å². The van der Waals surface area contributed by atoms with Crippen LogP contribution in [0.4, 0.5) is 5.69 Å². The Labute approximate surface area is 272 Å². The number of carbonyl (C=O) groups excluding carboxylic acids is 4. The Morgan fingerprint density at radius 3 is 1.74 bits per heavy atom. The van der Waals surface area contributed by atoms with Crippen molar-refractivity contribution in [2.45, 2.75) is 26.2 Å². The summed E-state index contributed by atoms with van der Waals surface area (Å²) in [7, 11) is 1.51. The fourth-order valence-electron chi connectivity index (χ4n) is 5.56. The molecule has 6 rings (SSSR count). The van der Waals surface area contributed by atoms with E-state index in [-0.39, 0.29) is 34.3 Å². The van der Waals surface area contributed by atoms with Gasteiger partial charge in [0, 0.05) is 18.0 Å². The fourth-order valence-corrected chi connectivity index (χ4v) is 5.56. The molecule has 0 unspecified atom stereocenters. The summed E-state index contributed by atoms with van der Waals surface area (Å²) in [4.78, 5) is 50.9. The third-order valence-corrected chi connectivity index (χ3v) is 8.40. The summed E-state index contributed by atoms with van der Waals surface area (Å²) in [5.74, 6) is 0.993. The third-order valence-electron chi connectivity index (χ3n) is 8.40. The van der Waals surface area contributed by atoms with E-state index in [4.69, 9.17) is 9.47 Å². The number of carbonyl (C=O) groups is 4. The van der Waals surface area contributed by atoms with Gasteiger partial charge >= 0.3 is 0 Å². The lowest BCUT2D eigenvalue weighted by Gasteiger charge is -2.26. The van der Waals surface area contributed by atoms with Crippen LogP contribution in [0.3, 0.4) is 0 Å². The van der Waals surface area contributed by atoms with Gasteiger partial charge in [-0.2, -0.15) is 0 Å². The molecule has 0 spiro atoms. The summed E-state index contributed by atoms with van der Waals surface area (Å²) >= 11 is 0. The summed E-state index contributed by atoms with van der Waals surface area (Å²) in [5, 5.41) is 2.54. The monoisotopic (exact) mass is 624 g/mol. The molecule has 3 amide bonds. The van der Waals surface area contributed by atoms with Gasteiger partial charge in [0.1, 0.15) is 23.0 Å². The van der Waals surface area contributed by atoms with Crippen LogP contribution in [0.15, 0.2) is 109 Å². The molecule has 0 aromatic heterocycles. The summed E-state index contributed by atoms with van der Waals surface area (Å²) in [5.41, 5.74) is 4.52. The van der Waals surface area contributed by atoms with E-state index in [1.807, 2.05) is 67.6 Å². The number of fused-ring (bicyclic) bond motifs is 1. The smallest absolute Gasteiger partial charge is 0.266 e. The first-order valence-corrected chi connectivity index (χ1v) is 15.1. The number of benzene rings is 5. The third kappa shape index (κ3) is 6.01. The highest BCUT2D eigenvalue weighted by molar-refractivity contribution is 6.34. The normalized spacial score (nSPS) is 12.5. The quantitative estimate of drug-likeness (QED) is 0.132. The van der Waals surface area contributed by atoms with Crippen LogP contribution in [-0.2, 0) is 5.41 Å². The van der Waals surface area contributed by atoms with E-state index in [2.05, 4.69) is 19.2 Å². The standard InChI is InChI=1S/C39H32N2O6/c1-24-5-12-28(13-6-24)41-37(44)33-20-19-32(22-35(33)38(41)45)47-30-17-10-27(11-18-30)39(2,3)26-8-15-29(16-9-26)46-31-14-7-25(23-42)34(21-31)36(43)40-4/h5-23H,1-4H3,(H,40,43). The predicted molar refractivity (Wildman–Crippen MR) is 179 cm³/mol. The Morgan fingerprint density at radius 2 is 1.19 bits per heavy atom. The number of imide groups is 1. The van der Waals surface area contributed by atoms with Crippen molar-refractivity contribution in [2.24, 2.45) is 0 Å². The van der Waals surface area contributed by atoms with Crippen LogP contribution in [0.5, 0.6) is 23.0 Å². The summed E-state index contributed by atoms with van der Waals surface area (Å²) in [6.45, 7) is 6.19. The molecule has 0 saturated carbocycles. The lowest BCUT2D eigenvalue weighted by molar-refractivity contribution is 0.0923. The van der Waals surface area contributed by atoms with Gasteiger partial charge in [-0.25, -0.2) is 4.90 Å². The number of nitrogens with zero attached hydrogens (tertiary/aromatic N) is 1. The second kappa shape index (κ2) is 12.4.